The van der Waals surface area contributed by atoms with Crippen molar-refractivity contribution < 1.29 is 22.7 Å². The van der Waals surface area contributed by atoms with Gasteiger partial charge in [-0.2, -0.15) is 0 Å². The molecule has 1 aliphatic carbocycles. The second-order valence-corrected chi connectivity index (χ2v) is 5.69. The maximum Gasteiger partial charge on any atom is 0.573 e. The Labute approximate surface area is 137 Å². The van der Waals surface area contributed by atoms with E-state index in [9.17, 15) is 18.0 Å². The fourth-order valence-corrected chi connectivity index (χ4v) is 2.95. The van der Waals surface area contributed by atoms with Crippen LogP contribution >= 0.6 is 0 Å². The molecule has 0 saturated heterocycles. The molecule has 1 N–H and O–H groups in total. The van der Waals surface area contributed by atoms with Gasteiger partial charge in [-0.25, -0.2) is 0 Å². The van der Waals surface area contributed by atoms with Gasteiger partial charge in [-0.1, -0.05) is 24.3 Å². The standard InChI is InChI=1S/C18H16F3NO2/c19-18(20,21)24-14-10-8-13(9-11-14)17(23)22-16-7-3-5-12-4-1-2-6-15(12)16/h1-2,4,6,8-11,16H,3,5,7H2,(H,22,23)/t16-/m1/s1. The van der Waals surface area contributed by atoms with E-state index in [1.54, 1.807) is 0 Å². The number of carbonyl (C=O) groups is 1. The van der Waals surface area contributed by atoms with Crippen LogP contribution in [0.2, 0.25) is 0 Å². The lowest BCUT2D eigenvalue weighted by atomic mass is 9.87. The van der Waals surface area contributed by atoms with Gasteiger partial charge in [-0.05, 0) is 54.7 Å². The number of hydrogen-bond acceptors (Lipinski definition) is 2. The Morgan fingerprint density at radius 1 is 1.08 bits per heavy atom. The summed E-state index contributed by atoms with van der Waals surface area (Å²) < 4.78 is 40.2. The number of nitrogens with one attached hydrogen (secondary N) is 1. The Bertz CT molecular complexity index is 726. The third kappa shape index (κ3) is 3.88. The normalized spacial score (nSPS) is 17.0. The number of fused-ring (bicyclic) bond motifs is 1. The van der Waals surface area contributed by atoms with Gasteiger partial charge < -0.3 is 10.1 Å². The van der Waals surface area contributed by atoms with E-state index in [1.807, 2.05) is 18.2 Å². The van der Waals surface area contributed by atoms with Crippen molar-refractivity contribution in [2.24, 2.45) is 0 Å². The number of amides is 1. The van der Waals surface area contributed by atoms with Gasteiger partial charge in [0.15, 0.2) is 0 Å². The second kappa shape index (κ2) is 6.55. The van der Waals surface area contributed by atoms with Crippen molar-refractivity contribution in [3.05, 3.63) is 65.2 Å². The van der Waals surface area contributed by atoms with E-state index in [0.29, 0.717) is 5.56 Å². The number of aryl methyl sites for hydroxylation is 1. The van der Waals surface area contributed by atoms with Crippen LogP contribution < -0.4 is 10.1 Å². The van der Waals surface area contributed by atoms with Crippen LogP contribution in [0.15, 0.2) is 48.5 Å². The highest BCUT2D eigenvalue weighted by atomic mass is 19.4. The number of carbonyl (C=O) groups excluding carboxylic acids is 1. The monoisotopic (exact) mass is 335 g/mol. The highest BCUT2D eigenvalue weighted by Crippen LogP contribution is 2.30. The predicted octanol–water partition coefficient (Wildman–Crippen LogP) is 4.39. The van der Waals surface area contributed by atoms with Gasteiger partial charge in [0.05, 0.1) is 6.04 Å². The average Bonchev–Trinajstić information content (AvgIpc) is 2.54. The third-order valence-corrected chi connectivity index (χ3v) is 4.02. The summed E-state index contributed by atoms with van der Waals surface area (Å²) in [5.41, 5.74) is 2.63. The highest BCUT2D eigenvalue weighted by molar-refractivity contribution is 5.94. The van der Waals surface area contributed by atoms with Crippen molar-refractivity contribution in [2.45, 2.75) is 31.7 Å². The summed E-state index contributed by atoms with van der Waals surface area (Å²) in [6, 6.07) is 12.8. The molecule has 1 amide bonds. The molecule has 0 aliphatic heterocycles. The number of benzene rings is 2. The summed E-state index contributed by atoms with van der Waals surface area (Å²) in [5.74, 6) is -0.655. The summed E-state index contributed by atoms with van der Waals surface area (Å²) in [4.78, 5) is 12.3. The number of halogens is 3. The molecule has 0 aromatic heterocycles. The number of rotatable bonds is 3. The first-order valence-electron chi connectivity index (χ1n) is 7.67. The summed E-state index contributed by atoms with van der Waals surface area (Å²) >= 11 is 0. The van der Waals surface area contributed by atoms with Crippen molar-refractivity contribution in [1.29, 1.82) is 0 Å². The van der Waals surface area contributed by atoms with Gasteiger partial charge in [0, 0.05) is 5.56 Å². The zero-order valence-corrected chi connectivity index (χ0v) is 12.8. The minimum Gasteiger partial charge on any atom is -0.406 e. The van der Waals surface area contributed by atoms with E-state index in [2.05, 4.69) is 16.1 Å². The van der Waals surface area contributed by atoms with Crippen molar-refractivity contribution in [2.75, 3.05) is 0 Å². The molecule has 0 unspecified atom stereocenters. The molecule has 3 rings (SSSR count). The lowest BCUT2D eigenvalue weighted by Crippen LogP contribution is -2.30. The zero-order valence-electron chi connectivity index (χ0n) is 12.8. The molecule has 1 aliphatic rings. The largest absolute Gasteiger partial charge is 0.573 e. The molecule has 126 valence electrons. The highest BCUT2D eigenvalue weighted by Gasteiger charge is 2.31. The van der Waals surface area contributed by atoms with Crippen LogP contribution in [0, 0.1) is 0 Å². The van der Waals surface area contributed by atoms with Crippen LogP contribution in [-0.4, -0.2) is 12.3 Å². The Balaban J connectivity index is 1.70. The van der Waals surface area contributed by atoms with Crippen molar-refractivity contribution in [3.63, 3.8) is 0 Å². The van der Waals surface area contributed by atoms with Gasteiger partial charge in [-0.15, -0.1) is 13.2 Å². The van der Waals surface area contributed by atoms with E-state index < -0.39 is 6.36 Å². The first-order valence-corrected chi connectivity index (χ1v) is 7.67. The SMILES string of the molecule is O=C(N[C@@H]1CCCc2ccccc21)c1ccc(OC(F)(F)F)cc1. The molecule has 0 saturated carbocycles. The quantitative estimate of drug-likeness (QED) is 0.903. The molecule has 3 nitrogen and oxygen atoms in total. The van der Waals surface area contributed by atoms with E-state index in [-0.39, 0.29) is 17.7 Å². The lowest BCUT2D eigenvalue weighted by molar-refractivity contribution is -0.274. The topological polar surface area (TPSA) is 38.3 Å². The Kier molecular flexibility index (Phi) is 4.46. The van der Waals surface area contributed by atoms with Gasteiger partial charge in [0.1, 0.15) is 5.75 Å². The zero-order chi connectivity index (χ0) is 17.2. The van der Waals surface area contributed by atoms with E-state index >= 15 is 0 Å². The van der Waals surface area contributed by atoms with Crippen LogP contribution in [-0.2, 0) is 6.42 Å². The van der Waals surface area contributed by atoms with Crippen LogP contribution in [0.5, 0.6) is 5.75 Å². The lowest BCUT2D eigenvalue weighted by Gasteiger charge is -2.26. The summed E-state index contributed by atoms with van der Waals surface area (Å²) in [5, 5.41) is 2.96. The first-order chi connectivity index (χ1) is 11.4. The minimum atomic E-state index is -4.74. The third-order valence-electron chi connectivity index (χ3n) is 4.02. The Morgan fingerprint density at radius 3 is 2.50 bits per heavy atom. The fourth-order valence-electron chi connectivity index (χ4n) is 2.95. The van der Waals surface area contributed by atoms with Crippen molar-refractivity contribution in [3.8, 4) is 5.75 Å². The second-order valence-electron chi connectivity index (χ2n) is 5.69. The van der Waals surface area contributed by atoms with Crippen LogP contribution in [0.25, 0.3) is 0 Å². The smallest absolute Gasteiger partial charge is 0.406 e. The molecule has 1 atom stereocenters. The van der Waals surface area contributed by atoms with Gasteiger partial charge in [-0.3, -0.25) is 4.79 Å². The Morgan fingerprint density at radius 2 is 1.79 bits per heavy atom. The van der Waals surface area contributed by atoms with Crippen LogP contribution in [0.1, 0.15) is 40.4 Å². The number of hydrogen-bond donors (Lipinski definition) is 1. The summed E-state index contributed by atoms with van der Waals surface area (Å²) in [7, 11) is 0. The molecule has 2 aromatic carbocycles. The van der Waals surface area contributed by atoms with Crippen molar-refractivity contribution >= 4 is 5.91 Å². The van der Waals surface area contributed by atoms with Gasteiger partial charge >= 0.3 is 6.36 Å². The molecular weight excluding hydrogens is 319 g/mol. The molecule has 6 heteroatoms. The van der Waals surface area contributed by atoms with Gasteiger partial charge in [0.2, 0.25) is 0 Å². The van der Waals surface area contributed by atoms with E-state index in [0.717, 1.165) is 37.0 Å². The minimum absolute atomic E-state index is 0.0754. The number of ether oxygens (including phenoxy) is 1. The summed E-state index contributed by atoms with van der Waals surface area (Å²) in [6.45, 7) is 0. The maximum absolute atomic E-state index is 12.3. The molecule has 0 spiro atoms. The molecule has 0 fully saturated rings. The fraction of sp³-hybridized carbons (Fsp3) is 0.278. The van der Waals surface area contributed by atoms with E-state index in [4.69, 9.17) is 0 Å². The van der Waals surface area contributed by atoms with E-state index in [1.165, 1.54) is 17.7 Å². The molecule has 0 bridgehead atoms. The van der Waals surface area contributed by atoms with Crippen LogP contribution in [0.3, 0.4) is 0 Å². The van der Waals surface area contributed by atoms with Crippen LogP contribution in [0.4, 0.5) is 13.2 Å². The maximum atomic E-state index is 12.3. The Hall–Kier alpha value is -2.50. The average molecular weight is 335 g/mol. The molecular formula is C18H16F3NO2. The van der Waals surface area contributed by atoms with Crippen molar-refractivity contribution in [1.82, 2.24) is 5.32 Å². The predicted molar refractivity (Wildman–Crippen MR) is 82.7 cm³/mol. The first kappa shape index (κ1) is 16.4. The summed E-state index contributed by atoms with van der Waals surface area (Å²) in [6.07, 6.45) is -1.92. The molecule has 24 heavy (non-hydrogen) atoms. The van der Waals surface area contributed by atoms with Gasteiger partial charge in [0.25, 0.3) is 5.91 Å². The number of alkyl halides is 3. The molecule has 0 heterocycles. The molecule has 0 radical (unpaired) electrons. The molecule has 2 aromatic rings.